The third-order valence-corrected chi connectivity index (χ3v) is 6.00. The molecule has 2 rings (SSSR count). The molecule has 5 nitrogen and oxygen atoms in total. The highest BCUT2D eigenvalue weighted by Gasteiger charge is 2.48. The van der Waals surface area contributed by atoms with Crippen LogP contribution in [0.1, 0.15) is 79.6 Å². The van der Waals surface area contributed by atoms with Crippen LogP contribution in [-0.4, -0.2) is 48.1 Å². The lowest BCUT2D eigenvalue weighted by molar-refractivity contribution is -0.141. The van der Waals surface area contributed by atoms with Gasteiger partial charge in [-0.25, -0.2) is 4.79 Å². The molecule has 5 heteroatoms. The molecule has 1 amide bonds. The molecule has 0 bridgehead atoms. The van der Waals surface area contributed by atoms with E-state index in [1.165, 1.54) is 32.1 Å². The van der Waals surface area contributed by atoms with Crippen molar-refractivity contribution in [3.05, 3.63) is 0 Å². The number of carbonyl (C=O) groups is 1. The first-order valence-corrected chi connectivity index (χ1v) is 10.2. The number of rotatable bonds is 6. The minimum Gasteiger partial charge on any atom is -0.450 e. The molecule has 1 aliphatic carbocycles. The number of likely N-dealkylation sites (tertiary alicyclic amines) is 1. The summed E-state index contributed by atoms with van der Waals surface area (Å²) in [6, 6.07) is 0. The zero-order valence-electron chi connectivity index (χ0n) is 17.3. The molecule has 149 valence electrons. The molecule has 26 heavy (non-hydrogen) atoms. The van der Waals surface area contributed by atoms with Gasteiger partial charge in [-0.1, -0.05) is 19.3 Å². The van der Waals surface area contributed by atoms with Crippen molar-refractivity contribution in [1.82, 2.24) is 10.2 Å². The molecule has 2 aliphatic rings. The van der Waals surface area contributed by atoms with Crippen molar-refractivity contribution < 1.29 is 14.3 Å². The fraction of sp³-hybridized carbons (Fsp3) is 0.905. The number of piperidine rings is 1. The Labute approximate surface area is 159 Å². The topological polar surface area (TPSA) is 58.6 Å². The maximum atomic E-state index is 13.3. The number of hydrogen-bond donors (Lipinski definition) is 1. The van der Waals surface area contributed by atoms with Crippen LogP contribution in [0.5, 0.6) is 0 Å². The van der Waals surface area contributed by atoms with Crippen LogP contribution in [0.25, 0.3) is 0 Å². The van der Waals surface area contributed by atoms with E-state index in [1.54, 1.807) is 6.47 Å². The van der Waals surface area contributed by atoms with Crippen molar-refractivity contribution in [1.29, 1.82) is 0 Å². The van der Waals surface area contributed by atoms with E-state index in [2.05, 4.69) is 31.0 Å². The Kier molecular flexibility index (Phi) is 6.75. The molecule has 1 radical (unpaired) electrons. The number of amides is 1. The summed E-state index contributed by atoms with van der Waals surface area (Å²) >= 11 is 0. The Balaban J connectivity index is 2.09. The van der Waals surface area contributed by atoms with Crippen molar-refractivity contribution in [2.24, 2.45) is 11.3 Å². The third-order valence-electron chi connectivity index (χ3n) is 6.00. The first-order valence-electron chi connectivity index (χ1n) is 10.2. The summed E-state index contributed by atoms with van der Waals surface area (Å²) in [6.07, 6.45) is 7.91. The zero-order chi connectivity index (χ0) is 19.4. The predicted octanol–water partition coefficient (Wildman–Crippen LogP) is 3.43. The van der Waals surface area contributed by atoms with Gasteiger partial charge in [0.05, 0.1) is 5.41 Å². The molecule has 1 heterocycles. The second-order valence-corrected chi connectivity index (χ2v) is 9.92. The van der Waals surface area contributed by atoms with Gasteiger partial charge in [0.25, 0.3) is 0 Å². The second-order valence-electron chi connectivity index (χ2n) is 9.92. The average Bonchev–Trinajstić information content (AvgIpc) is 2.54. The highest BCUT2D eigenvalue weighted by Crippen LogP contribution is 2.46. The van der Waals surface area contributed by atoms with Gasteiger partial charge in [-0.15, -0.1) is 0 Å². The van der Waals surface area contributed by atoms with Gasteiger partial charge in [0.2, 0.25) is 5.91 Å². The minimum atomic E-state index is -0.541. The molecule has 0 atom stereocenters. The Morgan fingerprint density at radius 1 is 1.12 bits per heavy atom. The zero-order valence-corrected chi connectivity index (χ0v) is 17.3. The van der Waals surface area contributed by atoms with Gasteiger partial charge in [0.1, 0.15) is 5.60 Å². The minimum absolute atomic E-state index is 0.203. The van der Waals surface area contributed by atoms with E-state index in [-0.39, 0.29) is 16.9 Å². The van der Waals surface area contributed by atoms with Crippen molar-refractivity contribution >= 4 is 12.4 Å². The lowest BCUT2D eigenvalue weighted by Gasteiger charge is -2.48. The molecular weight excluding hydrogens is 328 g/mol. The number of carbonyl (C=O) groups excluding carboxylic acids is 2. The van der Waals surface area contributed by atoms with Crippen LogP contribution in [0, 0.1) is 11.3 Å². The molecule has 2 fully saturated rings. The van der Waals surface area contributed by atoms with Crippen LogP contribution in [0.2, 0.25) is 0 Å². The lowest BCUT2D eigenvalue weighted by Crippen LogP contribution is -2.57. The Morgan fingerprint density at radius 2 is 1.69 bits per heavy atom. The van der Waals surface area contributed by atoms with Crippen molar-refractivity contribution in [2.75, 3.05) is 19.6 Å². The highest BCUT2D eigenvalue weighted by molar-refractivity contribution is 5.83. The molecule has 1 aliphatic heterocycles. The van der Waals surface area contributed by atoms with Gasteiger partial charge >= 0.3 is 6.47 Å². The quantitative estimate of drug-likeness (QED) is 0.783. The van der Waals surface area contributed by atoms with Crippen LogP contribution >= 0.6 is 0 Å². The molecule has 0 aromatic carbocycles. The van der Waals surface area contributed by atoms with E-state index in [0.29, 0.717) is 12.5 Å². The second kappa shape index (κ2) is 8.28. The predicted molar refractivity (Wildman–Crippen MR) is 103 cm³/mol. The number of ether oxygens (including phenoxy) is 1. The molecule has 0 aromatic heterocycles. The fourth-order valence-electron chi connectivity index (χ4n) is 4.73. The Morgan fingerprint density at radius 3 is 2.19 bits per heavy atom. The van der Waals surface area contributed by atoms with Gasteiger partial charge in [-0.05, 0) is 79.3 Å². The van der Waals surface area contributed by atoms with Crippen molar-refractivity contribution in [3.63, 3.8) is 0 Å². The van der Waals surface area contributed by atoms with E-state index in [1.807, 2.05) is 13.8 Å². The molecule has 0 unspecified atom stereocenters. The van der Waals surface area contributed by atoms with Crippen LogP contribution in [0.4, 0.5) is 0 Å². The van der Waals surface area contributed by atoms with Gasteiger partial charge < -0.3 is 10.1 Å². The van der Waals surface area contributed by atoms with E-state index >= 15 is 0 Å². The molecule has 0 aromatic rings. The van der Waals surface area contributed by atoms with Crippen molar-refractivity contribution in [2.45, 2.75) is 90.7 Å². The van der Waals surface area contributed by atoms with Gasteiger partial charge in [0.15, 0.2) is 0 Å². The SMILES string of the molecule is CC(C)(C)NC(=O)C1(C2CCCCC2)CCN(CC(C)(C)O[C]=O)CC1. The lowest BCUT2D eigenvalue weighted by atomic mass is 9.63. The smallest absolute Gasteiger partial charge is 0.418 e. The van der Waals surface area contributed by atoms with Crippen LogP contribution < -0.4 is 5.32 Å². The van der Waals surface area contributed by atoms with Crippen LogP contribution in [0.15, 0.2) is 0 Å². The largest absolute Gasteiger partial charge is 0.450 e. The Hall–Kier alpha value is -1.10. The summed E-state index contributed by atoms with van der Waals surface area (Å²) in [5.74, 6) is 0.738. The first-order chi connectivity index (χ1) is 12.1. The fourth-order valence-corrected chi connectivity index (χ4v) is 4.73. The Bertz CT molecular complexity index is 482. The number of nitrogens with zero attached hydrogens (tertiary/aromatic N) is 1. The van der Waals surface area contributed by atoms with Crippen LogP contribution in [0.3, 0.4) is 0 Å². The molecule has 0 spiro atoms. The summed E-state index contributed by atoms with van der Waals surface area (Å²) in [6.45, 7) is 14.0. The number of hydrogen-bond acceptors (Lipinski definition) is 4. The highest BCUT2D eigenvalue weighted by atomic mass is 16.5. The first kappa shape index (κ1) is 21.2. The summed E-state index contributed by atoms with van der Waals surface area (Å²) < 4.78 is 5.09. The maximum Gasteiger partial charge on any atom is 0.418 e. The summed E-state index contributed by atoms with van der Waals surface area (Å²) in [5.41, 5.74) is -0.988. The van der Waals surface area contributed by atoms with Gasteiger partial charge in [-0.3, -0.25) is 9.69 Å². The van der Waals surface area contributed by atoms with Gasteiger partial charge in [0, 0.05) is 12.1 Å². The van der Waals surface area contributed by atoms with Crippen LogP contribution in [-0.2, 0) is 14.3 Å². The molecular formula is C21H37N2O3. The summed E-state index contributed by atoms with van der Waals surface area (Å²) in [7, 11) is 0. The van der Waals surface area contributed by atoms with E-state index in [0.717, 1.165) is 25.9 Å². The van der Waals surface area contributed by atoms with Crippen molar-refractivity contribution in [3.8, 4) is 0 Å². The van der Waals surface area contributed by atoms with E-state index in [9.17, 15) is 9.59 Å². The summed E-state index contributed by atoms with van der Waals surface area (Å²) in [5, 5.41) is 3.28. The monoisotopic (exact) mass is 365 g/mol. The van der Waals surface area contributed by atoms with Gasteiger partial charge in [-0.2, -0.15) is 0 Å². The summed E-state index contributed by atoms with van der Waals surface area (Å²) in [4.78, 5) is 26.2. The van der Waals surface area contributed by atoms with E-state index in [4.69, 9.17) is 4.74 Å². The standard InChI is InChI=1S/C21H37N2O3/c1-19(2,3)22-18(25)21(17-9-7-6-8-10-17)11-13-23(14-12-21)15-20(4,5)26-16-24/h17H,6-15H2,1-5H3,(H,22,25). The number of nitrogens with one attached hydrogen (secondary N) is 1. The molecule has 1 N–H and O–H groups in total. The third kappa shape index (κ3) is 5.45. The average molecular weight is 366 g/mol. The normalized spacial score (nSPS) is 22.7. The molecule has 1 saturated carbocycles. The maximum absolute atomic E-state index is 13.3. The van der Waals surface area contributed by atoms with E-state index < -0.39 is 5.60 Å². The molecule has 1 saturated heterocycles.